The van der Waals surface area contributed by atoms with E-state index in [1.807, 2.05) is 24.4 Å². The summed E-state index contributed by atoms with van der Waals surface area (Å²) in [7, 11) is 0. The third-order valence-corrected chi connectivity index (χ3v) is 2.27. The molecule has 0 radical (unpaired) electrons. The maximum atomic E-state index is 4.54. The van der Waals surface area contributed by atoms with Crippen LogP contribution in [0, 0.1) is 0 Å². The minimum absolute atomic E-state index is 0.562. The number of aliphatic imine (C=N–C) groups is 2. The second kappa shape index (κ2) is 4.22. The summed E-state index contributed by atoms with van der Waals surface area (Å²) in [5, 5.41) is 0. The topological polar surface area (TPSA) is 24.7 Å². The molecule has 3 heteroatoms. The third kappa shape index (κ3) is 2.10. The Hall–Kier alpha value is -1.38. The fraction of sp³-hybridized carbons (Fsp3) is 0.273. The minimum atomic E-state index is 0.562. The van der Waals surface area contributed by atoms with Crippen LogP contribution in [0.4, 0.5) is 0 Å². The van der Waals surface area contributed by atoms with E-state index in [0.29, 0.717) is 6.71 Å². The number of benzene rings is 1. The molecular formula is C11H13BN2. The predicted molar refractivity (Wildman–Crippen MR) is 62.8 cm³/mol. The van der Waals surface area contributed by atoms with Gasteiger partial charge in [-0.15, -0.1) is 0 Å². The lowest BCUT2D eigenvalue weighted by Gasteiger charge is -1.99. The van der Waals surface area contributed by atoms with Gasteiger partial charge in [0.25, 0.3) is 0 Å². The van der Waals surface area contributed by atoms with Gasteiger partial charge in [0.2, 0.25) is 0 Å². The zero-order chi connectivity index (χ0) is 9.80. The Morgan fingerprint density at radius 2 is 1.93 bits per heavy atom. The average Bonchev–Trinajstić information content (AvgIpc) is 2.44. The fourth-order valence-corrected chi connectivity index (χ4v) is 1.45. The van der Waals surface area contributed by atoms with Gasteiger partial charge in [0, 0.05) is 24.7 Å². The maximum absolute atomic E-state index is 4.54. The van der Waals surface area contributed by atoms with Gasteiger partial charge in [0.1, 0.15) is 0 Å². The molecular weight excluding hydrogens is 171 g/mol. The van der Waals surface area contributed by atoms with E-state index in [9.17, 15) is 0 Å². The Morgan fingerprint density at radius 1 is 1.14 bits per heavy atom. The van der Waals surface area contributed by atoms with Gasteiger partial charge < -0.3 is 0 Å². The van der Waals surface area contributed by atoms with E-state index in [-0.39, 0.29) is 0 Å². The highest BCUT2D eigenvalue weighted by Gasteiger charge is 2.09. The molecule has 0 aliphatic carbocycles. The van der Waals surface area contributed by atoms with E-state index in [2.05, 4.69) is 28.9 Å². The van der Waals surface area contributed by atoms with Crippen LogP contribution < -0.4 is 0 Å². The van der Waals surface area contributed by atoms with Crippen molar-refractivity contribution in [2.75, 3.05) is 12.9 Å². The van der Waals surface area contributed by atoms with Crippen LogP contribution in [0.3, 0.4) is 0 Å². The molecule has 0 N–H and O–H groups in total. The molecule has 0 fully saturated rings. The molecule has 0 unspecified atom stereocenters. The van der Waals surface area contributed by atoms with Gasteiger partial charge in [-0.1, -0.05) is 37.2 Å². The van der Waals surface area contributed by atoms with Crippen molar-refractivity contribution in [1.29, 1.82) is 0 Å². The smallest absolute Gasteiger partial charge is 0.188 e. The fourth-order valence-electron chi connectivity index (χ4n) is 1.45. The van der Waals surface area contributed by atoms with E-state index >= 15 is 0 Å². The summed E-state index contributed by atoms with van der Waals surface area (Å²) in [5.41, 5.74) is 2.17. The van der Waals surface area contributed by atoms with E-state index < -0.39 is 0 Å². The molecule has 1 heterocycles. The van der Waals surface area contributed by atoms with Crippen LogP contribution in [-0.2, 0) is 0 Å². The molecule has 0 aromatic heterocycles. The summed E-state index contributed by atoms with van der Waals surface area (Å²) < 4.78 is 0. The van der Waals surface area contributed by atoms with Crippen molar-refractivity contribution in [1.82, 2.24) is 0 Å². The lowest BCUT2D eigenvalue weighted by molar-refractivity contribution is 1.27. The van der Waals surface area contributed by atoms with Gasteiger partial charge in [-0.25, -0.2) is 0 Å². The molecule has 0 bridgehead atoms. The van der Waals surface area contributed by atoms with Gasteiger partial charge in [0.05, 0.1) is 5.71 Å². The zero-order valence-corrected chi connectivity index (χ0v) is 8.35. The van der Waals surface area contributed by atoms with Crippen molar-refractivity contribution in [3.63, 3.8) is 0 Å². The van der Waals surface area contributed by atoms with Crippen LogP contribution in [0.1, 0.15) is 5.56 Å². The molecule has 0 spiro atoms. The summed E-state index contributed by atoms with van der Waals surface area (Å²) in [6.07, 6.45) is 3.66. The lowest BCUT2D eigenvalue weighted by atomic mass is 9.52. The molecule has 0 atom stereocenters. The molecule has 1 aromatic rings. The Kier molecular flexibility index (Phi) is 2.77. The highest BCUT2D eigenvalue weighted by Crippen LogP contribution is 2.02. The monoisotopic (exact) mass is 184 g/mol. The third-order valence-electron chi connectivity index (χ3n) is 2.27. The molecule has 0 saturated carbocycles. The van der Waals surface area contributed by atoms with Crippen LogP contribution in [0.25, 0.3) is 0 Å². The van der Waals surface area contributed by atoms with Crippen molar-refractivity contribution >= 4 is 18.6 Å². The number of hydrogen-bond acceptors (Lipinski definition) is 2. The van der Waals surface area contributed by atoms with Crippen molar-refractivity contribution < 1.29 is 0 Å². The molecule has 14 heavy (non-hydrogen) atoms. The van der Waals surface area contributed by atoms with E-state index in [4.69, 9.17) is 0 Å². The Morgan fingerprint density at radius 3 is 2.71 bits per heavy atom. The quantitative estimate of drug-likeness (QED) is 0.594. The van der Waals surface area contributed by atoms with E-state index in [0.717, 1.165) is 24.2 Å². The summed E-state index contributed by atoms with van der Waals surface area (Å²) >= 11 is 0. The molecule has 2 rings (SSSR count). The van der Waals surface area contributed by atoms with Crippen LogP contribution in [-0.4, -0.2) is 31.5 Å². The number of hydrogen-bond donors (Lipinski definition) is 0. The molecule has 1 aliphatic heterocycles. The normalized spacial score (nSPS) is 16.4. The first-order valence-corrected chi connectivity index (χ1v) is 4.96. The second-order valence-electron chi connectivity index (χ2n) is 3.69. The van der Waals surface area contributed by atoms with Crippen LogP contribution >= 0.6 is 0 Å². The molecule has 70 valence electrons. The van der Waals surface area contributed by atoms with E-state index in [1.54, 1.807) is 0 Å². The predicted octanol–water partition coefficient (Wildman–Crippen LogP) is 1.76. The standard InChI is InChI=1S/C11H13BN2/c1-12-8-13-7-11(14-9-12)10-5-3-2-4-6-10/h2-7H,8-9H2,1H3. The minimum Gasteiger partial charge on any atom is -0.299 e. The van der Waals surface area contributed by atoms with Crippen LogP contribution in [0.5, 0.6) is 0 Å². The average molecular weight is 184 g/mol. The van der Waals surface area contributed by atoms with Gasteiger partial charge in [-0.2, -0.15) is 0 Å². The van der Waals surface area contributed by atoms with Crippen molar-refractivity contribution in [3.05, 3.63) is 35.9 Å². The number of nitrogens with zero attached hydrogens (tertiary/aromatic N) is 2. The summed E-state index contributed by atoms with van der Waals surface area (Å²) in [5.74, 6) is 0. The van der Waals surface area contributed by atoms with E-state index in [1.165, 1.54) is 0 Å². The molecule has 0 saturated heterocycles. The summed E-state index contributed by atoms with van der Waals surface area (Å²) in [6, 6.07) is 10.2. The van der Waals surface area contributed by atoms with Gasteiger partial charge in [0.15, 0.2) is 6.71 Å². The lowest BCUT2D eigenvalue weighted by Crippen LogP contribution is -2.15. The van der Waals surface area contributed by atoms with Crippen LogP contribution in [0.2, 0.25) is 6.82 Å². The Bertz CT molecular complexity index is 357. The first kappa shape index (κ1) is 9.19. The first-order chi connectivity index (χ1) is 6.86. The van der Waals surface area contributed by atoms with Crippen molar-refractivity contribution in [2.24, 2.45) is 9.98 Å². The largest absolute Gasteiger partial charge is 0.299 e. The SMILES string of the molecule is CB1CN=CC(c2ccccc2)=NC1. The van der Waals surface area contributed by atoms with Gasteiger partial charge in [-0.3, -0.25) is 9.98 Å². The van der Waals surface area contributed by atoms with Crippen molar-refractivity contribution in [3.8, 4) is 0 Å². The highest BCUT2D eigenvalue weighted by molar-refractivity contribution is 6.59. The second-order valence-corrected chi connectivity index (χ2v) is 3.69. The summed E-state index contributed by atoms with van der Waals surface area (Å²) in [4.78, 5) is 8.90. The van der Waals surface area contributed by atoms with Crippen LogP contribution in [0.15, 0.2) is 40.3 Å². The zero-order valence-electron chi connectivity index (χ0n) is 8.35. The van der Waals surface area contributed by atoms with Crippen molar-refractivity contribution in [2.45, 2.75) is 6.82 Å². The Balaban J connectivity index is 2.26. The molecule has 2 nitrogen and oxygen atoms in total. The molecule has 1 aromatic carbocycles. The Labute approximate surface area is 84.9 Å². The van der Waals surface area contributed by atoms with Gasteiger partial charge >= 0.3 is 0 Å². The number of rotatable bonds is 1. The summed E-state index contributed by atoms with van der Waals surface area (Å²) in [6.45, 7) is 2.74. The molecule has 1 aliphatic rings. The highest BCUT2D eigenvalue weighted by atomic mass is 14.8. The van der Waals surface area contributed by atoms with Gasteiger partial charge in [-0.05, 0) is 0 Å². The first-order valence-electron chi connectivity index (χ1n) is 4.96. The maximum Gasteiger partial charge on any atom is 0.188 e. The molecule has 0 amide bonds.